The van der Waals surface area contributed by atoms with Crippen molar-refractivity contribution >= 4 is 23.2 Å². The monoisotopic (exact) mass is 319 g/mol. The summed E-state index contributed by atoms with van der Waals surface area (Å²) in [6.07, 6.45) is 1.48. The molecule has 0 fully saturated rings. The second kappa shape index (κ2) is 7.93. The molecule has 0 bridgehead atoms. The maximum Gasteiger partial charge on any atom is 0.119 e. The number of benzene rings is 2. The molecule has 1 atom stereocenters. The van der Waals surface area contributed by atoms with Crippen molar-refractivity contribution in [2.45, 2.75) is 18.8 Å². The molecular weight excluding hydrogens is 305 g/mol. The fourth-order valence-corrected chi connectivity index (χ4v) is 2.61. The van der Waals surface area contributed by atoms with Crippen molar-refractivity contribution in [1.82, 2.24) is 0 Å². The van der Waals surface area contributed by atoms with Crippen LogP contribution in [-0.2, 0) is 0 Å². The van der Waals surface area contributed by atoms with Gasteiger partial charge in [-0.3, -0.25) is 0 Å². The van der Waals surface area contributed by atoms with Crippen molar-refractivity contribution < 1.29 is 4.74 Å². The third kappa shape index (κ3) is 4.67. The standard InChI is InChI=1S/C17H15Cl2NO/c18-14-8-9-16(17(19)11-14)13(12-20)5-4-10-21-15-6-2-1-3-7-15/h1-3,6-9,11,13H,4-5,10H2/t13-/m0/s1. The second-order valence-electron chi connectivity index (χ2n) is 4.65. The number of para-hydroxylation sites is 1. The largest absolute Gasteiger partial charge is 0.494 e. The van der Waals surface area contributed by atoms with Gasteiger partial charge in [0.15, 0.2) is 0 Å². The zero-order valence-electron chi connectivity index (χ0n) is 11.4. The Morgan fingerprint density at radius 1 is 1.10 bits per heavy atom. The van der Waals surface area contributed by atoms with Crippen molar-refractivity contribution in [3.8, 4) is 11.8 Å². The van der Waals surface area contributed by atoms with Gasteiger partial charge in [0.2, 0.25) is 0 Å². The molecule has 0 unspecified atom stereocenters. The van der Waals surface area contributed by atoms with E-state index in [0.29, 0.717) is 23.1 Å². The number of halogens is 2. The van der Waals surface area contributed by atoms with Gasteiger partial charge in [0, 0.05) is 10.0 Å². The molecule has 0 amide bonds. The van der Waals surface area contributed by atoms with Crippen LogP contribution in [0.3, 0.4) is 0 Å². The van der Waals surface area contributed by atoms with Crippen LogP contribution in [0.1, 0.15) is 24.3 Å². The SMILES string of the molecule is N#C[C@H](CCCOc1ccccc1)c1ccc(Cl)cc1Cl. The third-order valence-corrected chi connectivity index (χ3v) is 3.71. The lowest BCUT2D eigenvalue weighted by Crippen LogP contribution is -2.02. The Morgan fingerprint density at radius 2 is 1.86 bits per heavy atom. The van der Waals surface area contributed by atoms with E-state index in [1.54, 1.807) is 12.1 Å². The van der Waals surface area contributed by atoms with Crippen molar-refractivity contribution in [3.63, 3.8) is 0 Å². The summed E-state index contributed by atoms with van der Waals surface area (Å²) in [7, 11) is 0. The third-order valence-electron chi connectivity index (χ3n) is 3.14. The summed E-state index contributed by atoms with van der Waals surface area (Å²) in [5.74, 6) is 0.602. The highest BCUT2D eigenvalue weighted by Gasteiger charge is 2.14. The molecule has 0 spiro atoms. The van der Waals surface area contributed by atoms with Crippen molar-refractivity contribution in [2.24, 2.45) is 0 Å². The van der Waals surface area contributed by atoms with Gasteiger partial charge in [-0.2, -0.15) is 5.26 Å². The predicted octanol–water partition coefficient (Wildman–Crippen LogP) is 5.46. The van der Waals surface area contributed by atoms with E-state index in [4.69, 9.17) is 27.9 Å². The number of ether oxygens (including phenoxy) is 1. The molecule has 2 aromatic carbocycles. The molecule has 0 aliphatic carbocycles. The minimum absolute atomic E-state index is 0.242. The van der Waals surface area contributed by atoms with Crippen LogP contribution in [0.15, 0.2) is 48.5 Å². The van der Waals surface area contributed by atoms with Crippen molar-refractivity contribution in [1.29, 1.82) is 5.26 Å². The van der Waals surface area contributed by atoms with Crippen LogP contribution >= 0.6 is 23.2 Å². The number of rotatable bonds is 6. The molecule has 0 heterocycles. The first-order valence-corrected chi connectivity index (χ1v) is 7.48. The first kappa shape index (κ1) is 15.7. The maximum absolute atomic E-state index is 9.31. The Labute approximate surface area is 134 Å². The van der Waals surface area contributed by atoms with Gasteiger partial charge < -0.3 is 4.74 Å². The molecule has 2 rings (SSSR count). The molecular formula is C17H15Cl2NO. The summed E-state index contributed by atoms with van der Waals surface area (Å²) >= 11 is 12.0. The zero-order valence-corrected chi connectivity index (χ0v) is 12.9. The number of nitrogens with zero attached hydrogens (tertiary/aromatic N) is 1. The number of hydrogen-bond acceptors (Lipinski definition) is 2. The lowest BCUT2D eigenvalue weighted by atomic mass is 9.96. The molecule has 4 heteroatoms. The van der Waals surface area contributed by atoms with Crippen LogP contribution in [0.5, 0.6) is 5.75 Å². The Hall–Kier alpha value is -1.69. The van der Waals surface area contributed by atoms with Gasteiger partial charge in [-0.05, 0) is 42.7 Å². The molecule has 0 saturated carbocycles. The Morgan fingerprint density at radius 3 is 2.52 bits per heavy atom. The van der Waals surface area contributed by atoms with Crippen LogP contribution < -0.4 is 4.74 Å². The normalized spacial score (nSPS) is 11.7. The summed E-state index contributed by atoms with van der Waals surface area (Å²) in [5, 5.41) is 10.4. The fraction of sp³-hybridized carbons (Fsp3) is 0.235. The minimum atomic E-state index is -0.242. The average molecular weight is 320 g/mol. The zero-order chi connectivity index (χ0) is 15.1. The summed E-state index contributed by atoms with van der Waals surface area (Å²) < 4.78 is 5.62. The highest BCUT2D eigenvalue weighted by molar-refractivity contribution is 6.35. The molecule has 0 radical (unpaired) electrons. The van der Waals surface area contributed by atoms with E-state index >= 15 is 0 Å². The summed E-state index contributed by atoms with van der Waals surface area (Å²) in [6.45, 7) is 0.577. The quantitative estimate of drug-likeness (QED) is 0.662. The van der Waals surface area contributed by atoms with Gasteiger partial charge in [0.1, 0.15) is 5.75 Å². The molecule has 21 heavy (non-hydrogen) atoms. The molecule has 0 saturated heterocycles. The number of nitriles is 1. The van der Waals surface area contributed by atoms with Crippen LogP contribution in [-0.4, -0.2) is 6.61 Å². The van der Waals surface area contributed by atoms with Crippen LogP contribution in [0.25, 0.3) is 0 Å². The number of hydrogen-bond donors (Lipinski definition) is 0. The highest BCUT2D eigenvalue weighted by Crippen LogP contribution is 2.30. The van der Waals surface area contributed by atoms with E-state index in [0.717, 1.165) is 17.7 Å². The Kier molecular flexibility index (Phi) is 5.92. The van der Waals surface area contributed by atoms with Crippen molar-refractivity contribution in [3.05, 3.63) is 64.1 Å². The summed E-state index contributed by atoms with van der Waals surface area (Å²) in [5.41, 5.74) is 0.822. The van der Waals surface area contributed by atoms with Gasteiger partial charge in [-0.25, -0.2) is 0 Å². The average Bonchev–Trinajstić information content (AvgIpc) is 2.49. The van der Waals surface area contributed by atoms with E-state index in [9.17, 15) is 5.26 Å². The molecule has 108 valence electrons. The van der Waals surface area contributed by atoms with E-state index < -0.39 is 0 Å². The first-order chi connectivity index (χ1) is 10.2. The topological polar surface area (TPSA) is 33.0 Å². The molecule has 0 aliphatic heterocycles. The highest BCUT2D eigenvalue weighted by atomic mass is 35.5. The van der Waals surface area contributed by atoms with E-state index in [1.165, 1.54) is 0 Å². The van der Waals surface area contributed by atoms with Crippen LogP contribution in [0.4, 0.5) is 0 Å². The lowest BCUT2D eigenvalue weighted by Gasteiger charge is -2.12. The molecule has 2 nitrogen and oxygen atoms in total. The van der Waals surface area contributed by atoms with Gasteiger partial charge in [0.25, 0.3) is 0 Å². The van der Waals surface area contributed by atoms with Crippen LogP contribution in [0.2, 0.25) is 10.0 Å². The van der Waals surface area contributed by atoms with Gasteiger partial charge in [0.05, 0.1) is 18.6 Å². The second-order valence-corrected chi connectivity index (χ2v) is 5.49. The maximum atomic E-state index is 9.31. The fourth-order valence-electron chi connectivity index (χ4n) is 2.07. The van der Waals surface area contributed by atoms with Crippen LogP contribution in [0, 0.1) is 11.3 Å². The van der Waals surface area contributed by atoms with E-state index in [1.807, 2.05) is 36.4 Å². The molecule has 0 aliphatic rings. The van der Waals surface area contributed by atoms with E-state index in [2.05, 4.69) is 6.07 Å². The van der Waals surface area contributed by atoms with E-state index in [-0.39, 0.29) is 5.92 Å². The molecule has 2 aromatic rings. The Balaban J connectivity index is 1.87. The minimum Gasteiger partial charge on any atom is -0.494 e. The molecule has 0 aromatic heterocycles. The molecule has 0 N–H and O–H groups in total. The van der Waals surface area contributed by atoms with Gasteiger partial charge in [-0.15, -0.1) is 0 Å². The lowest BCUT2D eigenvalue weighted by molar-refractivity contribution is 0.305. The predicted molar refractivity (Wildman–Crippen MR) is 86.0 cm³/mol. The van der Waals surface area contributed by atoms with Gasteiger partial charge >= 0.3 is 0 Å². The summed E-state index contributed by atoms with van der Waals surface area (Å²) in [6, 6.07) is 17.2. The summed E-state index contributed by atoms with van der Waals surface area (Å²) in [4.78, 5) is 0. The Bertz CT molecular complexity index is 622. The first-order valence-electron chi connectivity index (χ1n) is 6.73. The smallest absolute Gasteiger partial charge is 0.119 e. The van der Waals surface area contributed by atoms with Gasteiger partial charge in [-0.1, -0.05) is 47.5 Å². The van der Waals surface area contributed by atoms with Crippen molar-refractivity contribution in [2.75, 3.05) is 6.61 Å².